The highest BCUT2D eigenvalue weighted by atomic mass is 79.9. The predicted octanol–water partition coefficient (Wildman–Crippen LogP) is 3.08. The molecule has 1 saturated heterocycles. The Labute approximate surface area is 129 Å². The van der Waals surface area contributed by atoms with Crippen molar-refractivity contribution < 1.29 is 5.11 Å². The molecule has 2 aliphatic heterocycles. The van der Waals surface area contributed by atoms with E-state index in [1.807, 2.05) is 6.07 Å². The first-order valence-electron chi connectivity index (χ1n) is 7.06. The lowest BCUT2D eigenvalue weighted by Gasteiger charge is -2.33. The van der Waals surface area contributed by atoms with Gasteiger partial charge in [0.1, 0.15) is 11.8 Å². The number of aliphatic hydroxyl groups is 1. The molecule has 0 bridgehead atoms. The lowest BCUT2D eigenvalue weighted by atomic mass is 9.93. The molecule has 1 N–H and O–H groups in total. The van der Waals surface area contributed by atoms with E-state index >= 15 is 0 Å². The molecule has 2 aliphatic rings. The van der Waals surface area contributed by atoms with E-state index in [1.54, 1.807) is 0 Å². The maximum absolute atomic E-state index is 11.2. The Morgan fingerprint density at radius 1 is 1.50 bits per heavy atom. The van der Waals surface area contributed by atoms with Gasteiger partial charge in [-0.2, -0.15) is 0 Å². The van der Waals surface area contributed by atoms with Crippen molar-refractivity contribution in [3.63, 3.8) is 0 Å². The zero-order chi connectivity index (χ0) is 14.5. The average molecular weight is 337 g/mol. The summed E-state index contributed by atoms with van der Waals surface area (Å²) >= 11 is 3.55. The van der Waals surface area contributed by atoms with Gasteiger partial charge in [-0.1, -0.05) is 33.6 Å². The number of anilines is 1. The van der Waals surface area contributed by atoms with Crippen molar-refractivity contribution in [2.45, 2.75) is 32.0 Å². The quantitative estimate of drug-likeness (QED) is 0.840. The first-order valence-corrected chi connectivity index (χ1v) is 7.85. The van der Waals surface area contributed by atoms with E-state index in [0.29, 0.717) is 0 Å². The molecule has 0 radical (unpaired) electrons. The van der Waals surface area contributed by atoms with Gasteiger partial charge in [0, 0.05) is 28.8 Å². The van der Waals surface area contributed by atoms with E-state index in [0.717, 1.165) is 35.2 Å². The third-order valence-corrected chi connectivity index (χ3v) is 4.91. The minimum Gasteiger partial charge on any atom is -0.381 e. The van der Waals surface area contributed by atoms with Crippen molar-refractivity contribution in [3.8, 4) is 0 Å². The summed E-state index contributed by atoms with van der Waals surface area (Å²) in [6, 6.07) is 6.21. The van der Waals surface area contributed by atoms with E-state index in [2.05, 4.69) is 64.8 Å². The topological polar surface area (TPSA) is 26.7 Å². The molecule has 108 valence electrons. The van der Waals surface area contributed by atoms with Crippen LogP contribution in [0.4, 0.5) is 5.69 Å². The molecule has 4 heteroatoms. The van der Waals surface area contributed by atoms with Crippen LogP contribution in [0.15, 0.2) is 34.3 Å². The highest BCUT2D eigenvalue weighted by Gasteiger charge is 2.55. The lowest BCUT2D eigenvalue weighted by Crippen LogP contribution is -2.48. The predicted molar refractivity (Wildman–Crippen MR) is 85.9 cm³/mol. The molecule has 2 unspecified atom stereocenters. The van der Waals surface area contributed by atoms with E-state index in [9.17, 15) is 5.11 Å². The van der Waals surface area contributed by atoms with Gasteiger partial charge in [0.15, 0.2) is 0 Å². The molecule has 0 amide bonds. The van der Waals surface area contributed by atoms with Crippen LogP contribution in [-0.4, -0.2) is 36.3 Å². The van der Waals surface area contributed by atoms with E-state index in [4.69, 9.17) is 0 Å². The van der Waals surface area contributed by atoms with Crippen molar-refractivity contribution in [2.24, 2.45) is 0 Å². The van der Waals surface area contributed by atoms with Gasteiger partial charge in [0.25, 0.3) is 0 Å². The standard InChI is InChI=1S/C16H21BrN2O/c1-11(2)6-8-19-14-10-12(17)4-5-13(14)16(20)7-9-18(3)15(16)19/h4-6,10,15,20H,7-9H2,1-3H3. The summed E-state index contributed by atoms with van der Waals surface area (Å²) in [7, 11) is 2.10. The fourth-order valence-electron chi connectivity index (χ4n) is 3.45. The van der Waals surface area contributed by atoms with Gasteiger partial charge in [0.2, 0.25) is 0 Å². The smallest absolute Gasteiger partial charge is 0.127 e. The van der Waals surface area contributed by atoms with Gasteiger partial charge in [-0.25, -0.2) is 0 Å². The van der Waals surface area contributed by atoms with Gasteiger partial charge in [-0.05, 0) is 39.4 Å². The second kappa shape index (κ2) is 4.86. The number of likely N-dealkylation sites (N-methyl/N-ethyl adjacent to an activating group) is 1. The van der Waals surface area contributed by atoms with E-state index in [1.165, 1.54) is 5.57 Å². The molecule has 1 fully saturated rings. The normalized spacial score (nSPS) is 28.4. The van der Waals surface area contributed by atoms with Gasteiger partial charge in [0.05, 0.1) is 0 Å². The Morgan fingerprint density at radius 3 is 2.95 bits per heavy atom. The monoisotopic (exact) mass is 336 g/mol. The molecule has 1 aromatic rings. The average Bonchev–Trinajstić information content (AvgIpc) is 2.80. The minimum atomic E-state index is -0.736. The fraction of sp³-hybridized carbons (Fsp3) is 0.500. The van der Waals surface area contributed by atoms with Gasteiger partial charge in [-0.3, -0.25) is 4.90 Å². The summed E-state index contributed by atoms with van der Waals surface area (Å²) < 4.78 is 1.06. The Bertz CT molecular complexity index is 568. The van der Waals surface area contributed by atoms with Gasteiger partial charge in [-0.15, -0.1) is 0 Å². The molecule has 0 aliphatic carbocycles. The van der Waals surface area contributed by atoms with Crippen molar-refractivity contribution in [1.29, 1.82) is 0 Å². The highest BCUT2D eigenvalue weighted by molar-refractivity contribution is 9.10. The number of hydrogen-bond donors (Lipinski definition) is 1. The van der Waals surface area contributed by atoms with Crippen LogP contribution in [0, 0.1) is 0 Å². The Balaban J connectivity index is 2.09. The molecule has 0 spiro atoms. The Morgan fingerprint density at radius 2 is 2.25 bits per heavy atom. The molecule has 3 nitrogen and oxygen atoms in total. The van der Waals surface area contributed by atoms with Gasteiger partial charge >= 0.3 is 0 Å². The maximum atomic E-state index is 11.2. The summed E-state index contributed by atoms with van der Waals surface area (Å²) in [5, 5.41) is 11.2. The van der Waals surface area contributed by atoms with Crippen LogP contribution >= 0.6 is 15.9 Å². The minimum absolute atomic E-state index is 0.0439. The van der Waals surface area contributed by atoms with E-state index < -0.39 is 5.60 Å². The summed E-state index contributed by atoms with van der Waals surface area (Å²) in [4.78, 5) is 4.58. The third kappa shape index (κ3) is 2.01. The number of hydrogen-bond acceptors (Lipinski definition) is 3. The summed E-state index contributed by atoms with van der Waals surface area (Å²) in [6.45, 7) is 6.00. The number of nitrogens with zero attached hydrogens (tertiary/aromatic N) is 2. The van der Waals surface area contributed by atoms with E-state index in [-0.39, 0.29) is 6.17 Å². The highest BCUT2D eigenvalue weighted by Crippen LogP contribution is 2.50. The zero-order valence-corrected chi connectivity index (χ0v) is 13.8. The Hall–Kier alpha value is -0.840. The number of halogens is 1. The molecular weight excluding hydrogens is 316 g/mol. The number of fused-ring (bicyclic) bond motifs is 3. The second-order valence-corrected chi connectivity index (χ2v) is 7.04. The molecule has 0 saturated carbocycles. The SMILES string of the molecule is CC(C)=CCN1c2cc(Br)ccc2C2(O)CCN(C)C12. The van der Waals surface area contributed by atoms with Crippen LogP contribution in [0.5, 0.6) is 0 Å². The first kappa shape index (κ1) is 14.1. The van der Waals surface area contributed by atoms with Crippen LogP contribution in [0.2, 0.25) is 0 Å². The van der Waals surface area contributed by atoms with Crippen molar-refractivity contribution in [1.82, 2.24) is 4.90 Å². The van der Waals surface area contributed by atoms with Crippen LogP contribution in [-0.2, 0) is 5.60 Å². The van der Waals surface area contributed by atoms with Crippen molar-refractivity contribution in [3.05, 3.63) is 39.9 Å². The lowest BCUT2D eigenvalue weighted by molar-refractivity contribution is 0.0153. The molecular formula is C16H21BrN2O. The summed E-state index contributed by atoms with van der Waals surface area (Å²) in [6.07, 6.45) is 3.07. The number of rotatable bonds is 2. The molecule has 20 heavy (non-hydrogen) atoms. The molecule has 3 rings (SSSR count). The van der Waals surface area contributed by atoms with Crippen molar-refractivity contribution in [2.75, 3.05) is 25.0 Å². The molecule has 2 heterocycles. The first-order chi connectivity index (χ1) is 9.43. The van der Waals surface area contributed by atoms with Crippen LogP contribution in [0.25, 0.3) is 0 Å². The molecule has 1 aromatic carbocycles. The fourth-order valence-corrected chi connectivity index (χ4v) is 3.80. The van der Waals surface area contributed by atoms with Gasteiger partial charge < -0.3 is 10.0 Å². The summed E-state index contributed by atoms with van der Waals surface area (Å²) in [5.74, 6) is 0. The zero-order valence-electron chi connectivity index (χ0n) is 12.2. The van der Waals surface area contributed by atoms with Crippen LogP contribution in [0.1, 0.15) is 25.8 Å². The summed E-state index contributed by atoms with van der Waals surface area (Å²) in [5.41, 5.74) is 2.78. The number of likely N-dealkylation sites (tertiary alicyclic amines) is 1. The largest absolute Gasteiger partial charge is 0.381 e. The van der Waals surface area contributed by atoms with Crippen LogP contribution < -0.4 is 4.90 Å². The molecule has 0 aromatic heterocycles. The Kier molecular flexibility index (Phi) is 3.43. The van der Waals surface area contributed by atoms with Crippen molar-refractivity contribution >= 4 is 21.6 Å². The van der Waals surface area contributed by atoms with Crippen LogP contribution in [0.3, 0.4) is 0 Å². The maximum Gasteiger partial charge on any atom is 0.127 e. The number of allylic oxidation sites excluding steroid dienone is 1. The number of benzene rings is 1. The second-order valence-electron chi connectivity index (χ2n) is 6.12. The third-order valence-electron chi connectivity index (χ3n) is 4.42. The molecule has 2 atom stereocenters.